The smallest absolute Gasteiger partial charge is 0.257 e. The van der Waals surface area contributed by atoms with Gasteiger partial charge in [-0.05, 0) is 37.0 Å². The quantitative estimate of drug-likeness (QED) is 0.723. The first kappa shape index (κ1) is 15.8. The van der Waals surface area contributed by atoms with Crippen molar-refractivity contribution in [3.8, 4) is 11.5 Å². The highest BCUT2D eigenvalue weighted by atomic mass is 16.5. The molecule has 26 heavy (non-hydrogen) atoms. The van der Waals surface area contributed by atoms with E-state index in [4.69, 9.17) is 9.51 Å². The summed E-state index contributed by atoms with van der Waals surface area (Å²) in [5, 5.41) is 8.11. The molecule has 1 aromatic heterocycles. The second-order valence-corrected chi connectivity index (χ2v) is 7.66. The summed E-state index contributed by atoms with van der Waals surface area (Å²) in [6, 6.07) is 21.4. The summed E-state index contributed by atoms with van der Waals surface area (Å²) in [6.07, 6.45) is 4.73. The molecular formula is C22H23N3O. The number of aromatic nitrogens is 2. The van der Waals surface area contributed by atoms with Crippen molar-refractivity contribution in [2.45, 2.75) is 43.1 Å². The van der Waals surface area contributed by atoms with Crippen LogP contribution < -0.4 is 5.32 Å². The van der Waals surface area contributed by atoms with Gasteiger partial charge in [0.1, 0.15) is 0 Å². The maximum Gasteiger partial charge on any atom is 0.257 e. The van der Waals surface area contributed by atoms with E-state index < -0.39 is 0 Å². The Labute approximate surface area is 153 Å². The van der Waals surface area contributed by atoms with Crippen molar-refractivity contribution in [3.05, 3.63) is 72.1 Å². The van der Waals surface area contributed by atoms with Crippen LogP contribution in [0.1, 0.15) is 43.0 Å². The predicted molar refractivity (Wildman–Crippen MR) is 101 cm³/mol. The van der Waals surface area contributed by atoms with Gasteiger partial charge in [-0.2, -0.15) is 4.98 Å². The van der Waals surface area contributed by atoms with E-state index in [1.807, 2.05) is 30.3 Å². The van der Waals surface area contributed by atoms with Crippen molar-refractivity contribution < 1.29 is 4.52 Å². The van der Waals surface area contributed by atoms with Crippen LogP contribution in [0.2, 0.25) is 0 Å². The normalized spacial score (nSPS) is 23.4. The molecule has 2 atom stereocenters. The summed E-state index contributed by atoms with van der Waals surface area (Å²) in [6.45, 7) is 0.939. The highest BCUT2D eigenvalue weighted by Gasteiger charge is 2.46. The predicted octanol–water partition coefficient (Wildman–Crippen LogP) is 4.30. The van der Waals surface area contributed by atoms with Crippen molar-refractivity contribution in [2.75, 3.05) is 6.54 Å². The second kappa shape index (κ2) is 6.36. The third kappa shape index (κ3) is 2.84. The molecule has 0 spiro atoms. The fourth-order valence-electron chi connectivity index (χ4n) is 4.04. The Kier molecular flexibility index (Phi) is 3.86. The zero-order valence-corrected chi connectivity index (χ0v) is 14.8. The molecule has 2 aliphatic rings. The third-order valence-corrected chi connectivity index (χ3v) is 5.95. The molecule has 2 aromatic carbocycles. The largest absolute Gasteiger partial charge is 0.334 e. The fraction of sp³-hybridized carbons (Fsp3) is 0.364. The lowest BCUT2D eigenvalue weighted by atomic mass is 9.68. The van der Waals surface area contributed by atoms with Gasteiger partial charge in [-0.3, -0.25) is 0 Å². The summed E-state index contributed by atoms with van der Waals surface area (Å²) in [5.74, 6) is 2.14. The number of hydrogen-bond donors (Lipinski definition) is 1. The minimum absolute atomic E-state index is 0.0420. The van der Waals surface area contributed by atoms with Gasteiger partial charge >= 0.3 is 0 Å². The van der Waals surface area contributed by atoms with Crippen molar-refractivity contribution in [3.63, 3.8) is 0 Å². The van der Waals surface area contributed by atoms with Crippen LogP contribution >= 0.6 is 0 Å². The molecule has 1 unspecified atom stereocenters. The van der Waals surface area contributed by atoms with Crippen LogP contribution in [0.3, 0.4) is 0 Å². The molecule has 2 saturated carbocycles. The van der Waals surface area contributed by atoms with Gasteiger partial charge in [0.05, 0.1) is 0 Å². The molecule has 0 saturated heterocycles. The van der Waals surface area contributed by atoms with Crippen LogP contribution in [0.4, 0.5) is 0 Å². The lowest BCUT2D eigenvalue weighted by Crippen LogP contribution is -2.45. The van der Waals surface area contributed by atoms with E-state index in [2.05, 4.69) is 40.8 Å². The average Bonchev–Trinajstić information content (AvgIpc) is 3.28. The highest BCUT2D eigenvalue weighted by Crippen LogP contribution is 2.45. The zero-order chi connectivity index (χ0) is 17.4. The van der Waals surface area contributed by atoms with E-state index in [0.717, 1.165) is 30.8 Å². The maximum atomic E-state index is 5.56. The first-order chi connectivity index (χ1) is 12.8. The molecule has 4 nitrogen and oxygen atoms in total. The Bertz CT molecular complexity index is 871. The molecule has 2 fully saturated rings. The summed E-state index contributed by atoms with van der Waals surface area (Å²) < 4.78 is 5.56. The molecule has 0 radical (unpaired) electrons. The Morgan fingerprint density at radius 1 is 1.00 bits per heavy atom. The van der Waals surface area contributed by atoms with Crippen molar-refractivity contribution >= 4 is 0 Å². The lowest BCUT2D eigenvalue weighted by Gasteiger charge is -2.39. The molecule has 0 aliphatic heterocycles. The maximum absolute atomic E-state index is 5.56. The minimum Gasteiger partial charge on any atom is -0.334 e. The van der Waals surface area contributed by atoms with Crippen LogP contribution in [0, 0.1) is 0 Å². The van der Waals surface area contributed by atoms with Gasteiger partial charge in [-0.15, -0.1) is 0 Å². The first-order valence-electron chi connectivity index (χ1n) is 9.52. The molecule has 3 aromatic rings. The summed E-state index contributed by atoms with van der Waals surface area (Å²) in [5.41, 5.74) is 2.47. The van der Waals surface area contributed by atoms with Gasteiger partial charge in [-0.1, -0.05) is 60.1 Å². The van der Waals surface area contributed by atoms with Gasteiger partial charge in [0.15, 0.2) is 5.82 Å². The van der Waals surface area contributed by atoms with Crippen molar-refractivity contribution in [1.29, 1.82) is 0 Å². The zero-order valence-electron chi connectivity index (χ0n) is 14.8. The number of benzene rings is 2. The molecule has 4 heteroatoms. The molecule has 1 N–H and O–H groups in total. The van der Waals surface area contributed by atoms with E-state index in [9.17, 15) is 0 Å². The summed E-state index contributed by atoms with van der Waals surface area (Å²) in [7, 11) is 0. The van der Waals surface area contributed by atoms with E-state index in [-0.39, 0.29) is 5.41 Å². The molecule has 2 aliphatic carbocycles. The van der Waals surface area contributed by atoms with Crippen LogP contribution in [-0.2, 0) is 5.41 Å². The van der Waals surface area contributed by atoms with E-state index >= 15 is 0 Å². The number of nitrogens with one attached hydrogen (secondary N) is 1. The molecule has 132 valence electrons. The number of hydrogen-bond acceptors (Lipinski definition) is 4. The van der Waals surface area contributed by atoms with Crippen LogP contribution in [-0.4, -0.2) is 22.7 Å². The monoisotopic (exact) mass is 345 g/mol. The van der Waals surface area contributed by atoms with Gasteiger partial charge in [-0.25, -0.2) is 0 Å². The Morgan fingerprint density at radius 2 is 1.73 bits per heavy atom. The lowest BCUT2D eigenvalue weighted by molar-refractivity contribution is 0.211. The first-order valence-corrected chi connectivity index (χ1v) is 9.52. The Balaban J connectivity index is 1.27. The van der Waals surface area contributed by atoms with Crippen LogP contribution in [0.25, 0.3) is 11.5 Å². The summed E-state index contributed by atoms with van der Waals surface area (Å²) >= 11 is 0. The van der Waals surface area contributed by atoms with E-state index in [1.165, 1.54) is 18.4 Å². The van der Waals surface area contributed by atoms with Gasteiger partial charge < -0.3 is 9.84 Å². The van der Waals surface area contributed by atoms with E-state index in [1.54, 1.807) is 0 Å². The number of nitrogens with zero attached hydrogens (tertiary/aromatic N) is 2. The van der Waals surface area contributed by atoms with Gasteiger partial charge in [0.25, 0.3) is 5.89 Å². The second-order valence-electron chi connectivity index (χ2n) is 7.66. The van der Waals surface area contributed by atoms with Gasteiger partial charge in [0.2, 0.25) is 0 Å². The highest BCUT2D eigenvalue weighted by molar-refractivity contribution is 5.52. The average molecular weight is 345 g/mol. The van der Waals surface area contributed by atoms with E-state index in [0.29, 0.717) is 17.9 Å². The number of rotatable bonds is 6. The summed E-state index contributed by atoms with van der Waals surface area (Å²) in [4.78, 5) is 4.73. The molecule has 1 heterocycles. The topological polar surface area (TPSA) is 51.0 Å². The SMILES string of the molecule is c1ccc(-c2nc(C3(CN[C@H]4CC4c4ccccc4)CCC3)no2)cc1. The molecule has 5 rings (SSSR count). The van der Waals surface area contributed by atoms with Crippen LogP contribution in [0.5, 0.6) is 0 Å². The van der Waals surface area contributed by atoms with Crippen molar-refractivity contribution in [1.82, 2.24) is 15.5 Å². The Hall–Kier alpha value is -2.46. The fourth-order valence-corrected chi connectivity index (χ4v) is 4.04. The van der Waals surface area contributed by atoms with Gasteiger partial charge in [0, 0.05) is 29.5 Å². The molecular weight excluding hydrogens is 322 g/mol. The third-order valence-electron chi connectivity index (χ3n) is 5.95. The standard InChI is InChI=1S/C22H23N3O/c1-3-8-16(9-4-1)18-14-19(18)23-15-22(12-7-13-22)21-24-20(26-25-21)17-10-5-2-6-11-17/h1-6,8-11,18-19,23H,7,12-15H2/t18?,19-/m0/s1. The van der Waals surface area contributed by atoms with Crippen LogP contribution in [0.15, 0.2) is 65.2 Å². The minimum atomic E-state index is 0.0420. The van der Waals surface area contributed by atoms with Crippen molar-refractivity contribution in [2.24, 2.45) is 0 Å². The molecule has 0 bridgehead atoms. The Morgan fingerprint density at radius 3 is 2.42 bits per heavy atom. The molecule has 0 amide bonds.